The lowest BCUT2D eigenvalue weighted by atomic mass is 9.91. The van der Waals surface area contributed by atoms with Crippen molar-refractivity contribution in [3.63, 3.8) is 0 Å². The zero-order valence-electron chi connectivity index (χ0n) is 11.0. The van der Waals surface area contributed by atoms with Gasteiger partial charge in [-0.3, -0.25) is 4.90 Å². The van der Waals surface area contributed by atoms with Crippen LogP contribution < -0.4 is 0 Å². The first kappa shape index (κ1) is 11.9. The number of likely N-dealkylation sites (tertiary alicyclic amines) is 1. The summed E-state index contributed by atoms with van der Waals surface area (Å²) in [4.78, 5) is 2.35. The SMILES string of the molecule is CCC1(O)CN(CC2CCC3(CCCC3)O2)C1. The molecule has 0 aromatic carbocycles. The van der Waals surface area contributed by atoms with Crippen LogP contribution in [0, 0.1) is 0 Å². The maximum absolute atomic E-state index is 9.99. The Bertz CT molecular complexity index is 280. The average molecular weight is 239 g/mol. The number of ether oxygens (including phenoxy) is 1. The van der Waals surface area contributed by atoms with Gasteiger partial charge in [0, 0.05) is 19.6 Å². The molecule has 0 radical (unpaired) electrons. The summed E-state index contributed by atoms with van der Waals surface area (Å²) in [5, 5.41) is 9.99. The minimum Gasteiger partial charge on any atom is -0.387 e. The van der Waals surface area contributed by atoms with Gasteiger partial charge in [0.15, 0.2) is 0 Å². The molecule has 3 nitrogen and oxygen atoms in total. The van der Waals surface area contributed by atoms with E-state index in [-0.39, 0.29) is 5.60 Å². The second-order valence-electron chi connectivity index (χ2n) is 6.42. The summed E-state index contributed by atoms with van der Waals surface area (Å²) in [7, 11) is 0. The highest BCUT2D eigenvalue weighted by Gasteiger charge is 2.45. The Kier molecular flexibility index (Phi) is 2.96. The summed E-state index contributed by atoms with van der Waals surface area (Å²) in [5.74, 6) is 0. The molecule has 2 saturated heterocycles. The van der Waals surface area contributed by atoms with Crippen molar-refractivity contribution in [1.29, 1.82) is 0 Å². The molecule has 3 fully saturated rings. The highest BCUT2D eigenvalue weighted by molar-refractivity contribution is 4.98. The third-order valence-corrected chi connectivity index (χ3v) is 5.01. The van der Waals surface area contributed by atoms with Crippen LogP contribution >= 0.6 is 0 Å². The van der Waals surface area contributed by atoms with E-state index in [9.17, 15) is 5.11 Å². The molecule has 1 aliphatic carbocycles. The van der Waals surface area contributed by atoms with Gasteiger partial charge in [0.25, 0.3) is 0 Å². The molecule has 1 spiro atoms. The van der Waals surface area contributed by atoms with Gasteiger partial charge in [-0.2, -0.15) is 0 Å². The van der Waals surface area contributed by atoms with Crippen LogP contribution in [-0.4, -0.2) is 46.9 Å². The minimum atomic E-state index is -0.399. The molecule has 1 N–H and O–H groups in total. The summed E-state index contributed by atoms with van der Waals surface area (Å²) in [6, 6.07) is 0. The zero-order valence-corrected chi connectivity index (χ0v) is 11.0. The Hall–Kier alpha value is -0.120. The third-order valence-electron chi connectivity index (χ3n) is 5.01. The summed E-state index contributed by atoms with van der Waals surface area (Å²) in [6.45, 7) is 4.79. The zero-order chi connectivity index (χ0) is 11.9. The third kappa shape index (κ3) is 2.25. The van der Waals surface area contributed by atoms with Gasteiger partial charge in [0.1, 0.15) is 0 Å². The van der Waals surface area contributed by atoms with Gasteiger partial charge >= 0.3 is 0 Å². The van der Waals surface area contributed by atoms with Gasteiger partial charge < -0.3 is 9.84 Å². The highest BCUT2D eigenvalue weighted by atomic mass is 16.5. The predicted molar refractivity (Wildman–Crippen MR) is 67.0 cm³/mol. The van der Waals surface area contributed by atoms with E-state index in [0.29, 0.717) is 6.10 Å². The fourth-order valence-electron chi connectivity index (χ4n) is 3.84. The molecular formula is C14H25NO2. The molecule has 98 valence electrons. The molecule has 0 amide bonds. The maximum atomic E-state index is 9.99. The quantitative estimate of drug-likeness (QED) is 0.817. The van der Waals surface area contributed by atoms with Crippen LogP contribution in [0.4, 0.5) is 0 Å². The first-order chi connectivity index (χ1) is 8.13. The summed E-state index contributed by atoms with van der Waals surface area (Å²) in [6.07, 6.45) is 9.06. The molecular weight excluding hydrogens is 214 g/mol. The van der Waals surface area contributed by atoms with E-state index in [1.54, 1.807) is 0 Å². The Labute approximate surface area is 104 Å². The topological polar surface area (TPSA) is 32.7 Å². The van der Waals surface area contributed by atoms with Crippen LogP contribution in [0.5, 0.6) is 0 Å². The molecule has 0 aromatic rings. The standard InChI is InChI=1S/C14H25NO2/c1-2-13(16)10-15(11-13)9-12-5-8-14(17-12)6-3-4-7-14/h12,16H,2-11H2,1H3. The minimum absolute atomic E-state index is 0.261. The lowest BCUT2D eigenvalue weighted by molar-refractivity contribution is -0.122. The number of β-amino-alcohol motifs (C(OH)–C–C–N with tert-alkyl or cyclic N) is 1. The predicted octanol–water partition coefficient (Wildman–Crippen LogP) is 1.93. The summed E-state index contributed by atoms with van der Waals surface area (Å²) < 4.78 is 6.29. The van der Waals surface area contributed by atoms with Crippen LogP contribution in [0.2, 0.25) is 0 Å². The van der Waals surface area contributed by atoms with Crippen molar-refractivity contribution < 1.29 is 9.84 Å². The summed E-state index contributed by atoms with van der Waals surface area (Å²) in [5.41, 5.74) is -0.139. The van der Waals surface area contributed by atoms with Gasteiger partial charge in [0.2, 0.25) is 0 Å². The number of hydrogen-bond acceptors (Lipinski definition) is 3. The maximum Gasteiger partial charge on any atom is 0.0897 e. The fraction of sp³-hybridized carbons (Fsp3) is 1.00. The lowest BCUT2D eigenvalue weighted by Gasteiger charge is -2.47. The van der Waals surface area contributed by atoms with Crippen molar-refractivity contribution >= 4 is 0 Å². The Morgan fingerprint density at radius 1 is 1.24 bits per heavy atom. The van der Waals surface area contributed by atoms with Crippen LogP contribution in [-0.2, 0) is 4.74 Å². The number of aliphatic hydroxyl groups is 1. The van der Waals surface area contributed by atoms with E-state index >= 15 is 0 Å². The Morgan fingerprint density at radius 2 is 1.94 bits per heavy atom. The smallest absolute Gasteiger partial charge is 0.0897 e. The number of rotatable bonds is 3. The van der Waals surface area contributed by atoms with Gasteiger partial charge in [0.05, 0.1) is 17.3 Å². The van der Waals surface area contributed by atoms with Crippen molar-refractivity contribution in [2.45, 2.75) is 69.2 Å². The Morgan fingerprint density at radius 3 is 2.59 bits per heavy atom. The van der Waals surface area contributed by atoms with Crippen LogP contribution in [0.1, 0.15) is 51.9 Å². The second-order valence-corrected chi connectivity index (χ2v) is 6.42. The number of hydrogen-bond donors (Lipinski definition) is 1. The van der Waals surface area contributed by atoms with Crippen LogP contribution in [0.3, 0.4) is 0 Å². The lowest BCUT2D eigenvalue weighted by Crippen LogP contribution is -2.62. The van der Waals surface area contributed by atoms with E-state index in [1.807, 2.05) is 0 Å². The first-order valence-corrected chi connectivity index (χ1v) is 7.26. The van der Waals surface area contributed by atoms with E-state index in [0.717, 1.165) is 26.1 Å². The highest BCUT2D eigenvalue weighted by Crippen LogP contribution is 2.43. The van der Waals surface area contributed by atoms with Gasteiger partial charge in [-0.25, -0.2) is 0 Å². The van der Waals surface area contributed by atoms with Gasteiger partial charge in [-0.1, -0.05) is 19.8 Å². The molecule has 1 saturated carbocycles. The summed E-state index contributed by atoms with van der Waals surface area (Å²) >= 11 is 0. The van der Waals surface area contributed by atoms with E-state index in [4.69, 9.17) is 4.74 Å². The van der Waals surface area contributed by atoms with E-state index in [1.165, 1.54) is 38.5 Å². The second kappa shape index (κ2) is 4.22. The Balaban J connectivity index is 1.46. The molecule has 3 aliphatic rings. The van der Waals surface area contributed by atoms with Gasteiger partial charge in [-0.05, 0) is 32.1 Å². The van der Waals surface area contributed by atoms with Crippen molar-refractivity contribution in [2.75, 3.05) is 19.6 Å². The first-order valence-electron chi connectivity index (χ1n) is 7.26. The molecule has 0 bridgehead atoms. The fourth-order valence-corrected chi connectivity index (χ4v) is 3.84. The molecule has 2 heterocycles. The monoisotopic (exact) mass is 239 g/mol. The molecule has 0 aromatic heterocycles. The largest absolute Gasteiger partial charge is 0.387 e. The van der Waals surface area contributed by atoms with E-state index in [2.05, 4.69) is 11.8 Å². The molecule has 1 unspecified atom stereocenters. The molecule has 1 atom stereocenters. The van der Waals surface area contributed by atoms with Crippen LogP contribution in [0.25, 0.3) is 0 Å². The average Bonchev–Trinajstić information content (AvgIpc) is 2.88. The number of nitrogens with zero attached hydrogens (tertiary/aromatic N) is 1. The van der Waals surface area contributed by atoms with Crippen molar-refractivity contribution in [3.8, 4) is 0 Å². The normalized spacial score (nSPS) is 35.3. The van der Waals surface area contributed by atoms with Crippen molar-refractivity contribution in [2.24, 2.45) is 0 Å². The van der Waals surface area contributed by atoms with Gasteiger partial charge in [-0.15, -0.1) is 0 Å². The van der Waals surface area contributed by atoms with Crippen molar-refractivity contribution in [3.05, 3.63) is 0 Å². The molecule has 2 aliphatic heterocycles. The van der Waals surface area contributed by atoms with E-state index < -0.39 is 5.60 Å². The molecule has 17 heavy (non-hydrogen) atoms. The molecule has 3 heteroatoms. The van der Waals surface area contributed by atoms with Crippen LogP contribution in [0.15, 0.2) is 0 Å². The van der Waals surface area contributed by atoms with Crippen molar-refractivity contribution in [1.82, 2.24) is 4.90 Å². The molecule has 3 rings (SSSR count).